The van der Waals surface area contributed by atoms with Gasteiger partial charge in [0.25, 0.3) is 5.69 Å². The number of hydrogen-bond acceptors (Lipinski definition) is 5. The van der Waals surface area contributed by atoms with Gasteiger partial charge in [0.05, 0.1) is 15.4 Å². The van der Waals surface area contributed by atoms with Crippen molar-refractivity contribution in [2.45, 2.75) is 37.4 Å². The van der Waals surface area contributed by atoms with Gasteiger partial charge in [0.15, 0.2) is 0 Å². The molecule has 3 rings (SSSR count). The molecule has 0 unspecified atom stereocenters. The summed E-state index contributed by atoms with van der Waals surface area (Å²) in [7, 11) is -2.42. The number of amides is 1. The van der Waals surface area contributed by atoms with Gasteiger partial charge in [0.1, 0.15) is 0 Å². The van der Waals surface area contributed by atoms with Crippen LogP contribution in [0.25, 0.3) is 0 Å². The Kier molecular flexibility index (Phi) is 7.32. The molecule has 184 valence electrons. The molecule has 1 fully saturated rings. The van der Waals surface area contributed by atoms with E-state index in [1.165, 1.54) is 33.5 Å². The number of hydrogen-bond donors (Lipinski definition) is 0. The third-order valence-electron chi connectivity index (χ3n) is 5.88. The van der Waals surface area contributed by atoms with E-state index in [1.54, 1.807) is 14.0 Å². The predicted molar refractivity (Wildman–Crippen MR) is 117 cm³/mol. The van der Waals surface area contributed by atoms with E-state index in [-0.39, 0.29) is 49.0 Å². The number of rotatable bonds is 6. The molecule has 1 heterocycles. The predicted octanol–water partition coefficient (Wildman–Crippen LogP) is 3.98. The monoisotopic (exact) mass is 499 g/mol. The fraction of sp³-hybridized carbons (Fsp3) is 0.409. The number of nitro groups is 1. The zero-order valence-electron chi connectivity index (χ0n) is 18.6. The standard InChI is InChI=1S/C22H24F3N3O5S/c1-15-3-8-19(28(30)31)13-20(15)34(32,33)27-11-9-17(10-12-27)21(29)26(2)14-16-4-6-18(7-5-16)22(23,24)25/h3-8,13,17H,9-12,14H2,1-2H3. The lowest BCUT2D eigenvalue weighted by Crippen LogP contribution is -2.43. The van der Waals surface area contributed by atoms with Crippen molar-refractivity contribution in [1.82, 2.24) is 9.21 Å². The van der Waals surface area contributed by atoms with Gasteiger partial charge < -0.3 is 4.90 Å². The molecule has 0 bridgehead atoms. The number of non-ortho nitro benzene ring substituents is 1. The third kappa shape index (κ3) is 5.55. The van der Waals surface area contributed by atoms with E-state index in [1.807, 2.05) is 0 Å². The SMILES string of the molecule is Cc1ccc([N+](=O)[O-])cc1S(=O)(=O)N1CCC(C(=O)N(C)Cc2ccc(C(F)(F)F)cc2)CC1. The fourth-order valence-electron chi connectivity index (χ4n) is 3.93. The molecule has 0 N–H and O–H groups in total. The smallest absolute Gasteiger partial charge is 0.341 e. The van der Waals surface area contributed by atoms with E-state index < -0.39 is 32.6 Å². The van der Waals surface area contributed by atoms with Crippen molar-refractivity contribution in [2.24, 2.45) is 5.92 Å². The Morgan fingerprint density at radius 1 is 1.15 bits per heavy atom. The summed E-state index contributed by atoms with van der Waals surface area (Å²) in [6, 6.07) is 8.25. The average Bonchev–Trinajstić information content (AvgIpc) is 2.78. The van der Waals surface area contributed by atoms with E-state index in [2.05, 4.69) is 0 Å². The molecule has 2 aromatic rings. The lowest BCUT2D eigenvalue weighted by atomic mass is 9.96. The van der Waals surface area contributed by atoms with Gasteiger partial charge >= 0.3 is 6.18 Å². The third-order valence-corrected chi connectivity index (χ3v) is 7.92. The van der Waals surface area contributed by atoms with Crippen molar-refractivity contribution in [3.63, 3.8) is 0 Å². The molecule has 34 heavy (non-hydrogen) atoms. The first-order valence-corrected chi connectivity index (χ1v) is 11.9. The maximum atomic E-state index is 13.1. The van der Waals surface area contributed by atoms with Crippen LogP contribution in [-0.4, -0.2) is 48.6 Å². The van der Waals surface area contributed by atoms with Gasteiger partial charge in [-0.2, -0.15) is 17.5 Å². The number of nitrogens with zero attached hydrogens (tertiary/aromatic N) is 3. The Bertz CT molecular complexity index is 1180. The van der Waals surface area contributed by atoms with Crippen LogP contribution in [0.5, 0.6) is 0 Å². The topological polar surface area (TPSA) is 101 Å². The van der Waals surface area contributed by atoms with Crippen LogP contribution in [-0.2, 0) is 27.5 Å². The first-order chi connectivity index (χ1) is 15.8. The minimum Gasteiger partial charge on any atom is -0.341 e. The zero-order chi connectivity index (χ0) is 25.3. The first kappa shape index (κ1) is 25.6. The van der Waals surface area contributed by atoms with Crippen LogP contribution in [0.2, 0.25) is 0 Å². The second-order valence-electron chi connectivity index (χ2n) is 8.27. The Hall–Kier alpha value is -2.99. The van der Waals surface area contributed by atoms with E-state index in [0.29, 0.717) is 11.1 Å². The Balaban J connectivity index is 1.63. The zero-order valence-corrected chi connectivity index (χ0v) is 19.4. The molecule has 0 atom stereocenters. The molecule has 1 aliphatic rings. The lowest BCUT2D eigenvalue weighted by molar-refractivity contribution is -0.385. The highest BCUT2D eigenvalue weighted by Crippen LogP contribution is 2.30. The summed E-state index contributed by atoms with van der Waals surface area (Å²) >= 11 is 0. The number of piperidine rings is 1. The highest BCUT2D eigenvalue weighted by molar-refractivity contribution is 7.89. The van der Waals surface area contributed by atoms with Crippen molar-refractivity contribution in [2.75, 3.05) is 20.1 Å². The molecule has 12 heteroatoms. The largest absolute Gasteiger partial charge is 0.416 e. The molecule has 0 aliphatic carbocycles. The first-order valence-electron chi connectivity index (χ1n) is 10.5. The van der Waals surface area contributed by atoms with Gasteiger partial charge in [-0.05, 0) is 43.0 Å². The van der Waals surface area contributed by atoms with Crippen LogP contribution < -0.4 is 0 Å². The maximum Gasteiger partial charge on any atom is 0.416 e. The van der Waals surface area contributed by atoms with Crippen LogP contribution in [0.1, 0.15) is 29.5 Å². The summed E-state index contributed by atoms with van der Waals surface area (Å²) < 4.78 is 65.5. The number of nitro benzene ring substituents is 1. The van der Waals surface area contributed by atoms with Gasteiger partial charge in [-0.3, -0.25) is 14.9 Å². The summed E-state index contributed by atoms with van der Waals surface area (Å²) in [6.45, 7) is 1.84. The minimum atomic E-state index is -4.43. The van der Waals surface area contributed by atoms with Crippen molar-refractivity contribution in [1.29, 1.82) is 0 Å². The molecule has 0 spiro atoms. The number of aryl methyl sites for hydroxylation is 1. The molecule has 1 aliphatic heterocycles. The summed E-state index contributed by atoms with van der Waals surface area (Å²) in [5.74, 6) is -0.652. The number of carbonyl (C=O) groups is 1. The number of benzene rings is 2. The number of halogens is 3. The van der Waals surface area contributed by atoms with Crippen molar-refractivity contribution >= 4 is 21.6 Å². The highest BCUT2D eigenvalue weighted by Gasteiger charge is 2.35. The molecule has 1 amide bonds. The summed E-state index contributed by atoms with van der Waals surface area (Å²) in [4.78, 5) is 24.5. The number of alkyl halides is 3. The molecule has 1 saturated heterocycles. The fourth-order valence-corrected chi connectivity index (χ4v) is 5.64. The van der Waals surface area contributed by atoms with Crippen LogP contribution in [0, 0.1) is 23.0 Å². The molecule has 0 aromatic heterocycles. The van der Waals surface area contributed by atoms with Gasteiger partial charge in [0, 0.05) is 44.7 Å². The average molecular weight is 500 g/mol. The van der Waals surface area contributed by atoms with E-state index >= 15 is 0 Å². The van der Waals surface area contributed by atoms with Gasteiger partial charge in [-0.15, -0.1) is 0 Å². The molecule has 0 radical (unpaired) electrons. The van der Waals surface area contributed by atoms with Crippen LogP contribution in [0.4, 0.5) is 18.9 Å². The van der Waals surface area contributed by atoms with Gasteiger partial charge in [-0.25, -0.2) is 8.42 Å². The molecular weight excluding hydrogens is 475 g/mol. The Labute approximate surface area is 195 Å². The van der Waals surface area contributed by atoms with Crippen LogP contribution >= 0.6 is 0 Å². The Morgan fingerprint density at radius 2 is 1.74 bits per heavy atom. The van der Waals surface area contributed by atoms with E-state index in [0.717, 1.165) is 18.2 Å². The Morgan fingerprint density at radius 3 is 2.26 bits per heavy atom. The molecular formula is C22H24F3N3O5S. The van der Waals surface area contributed by atoms with E-state index in [4.69, 9.17) is 0 Å². The number of sulfonamides is 1. The van der Waals surface area contributed by atoms with Crippen LogP contribution in [0.15, 0.2) is 47.4 Å². The lowest BCUT2D eigenvalue weighted by Gasteiger charge is -2.32. The molecule has 2 aromatic carbocycles. The quantitative estimate of drug-likeness (QED) is 0.442. The maximum absolute atomic E-state index is 13.1. The van der Waals surface area contributed by atoms with E-state index in [9.17, 15) is 36.5 Å². The normalized spacial score (nSPS) is 15.8. The molecule has 8 nitrogen and oxygen atoms in total. The van der Waals surface area contributed by atoms with Gasteiger partial charge in [0.2, 0.25) is 15.9 Å². The summed E-state index contributed by atoms with van der Waals surface area (Å²) in [6.07, 6.45) is -3.90. The van der Waals surface area contributed by atoms with Crippen molar-refractivity contribution in [3.05, 3.63) is 69.3 Å². The summed E-state index contributed by atoms with van der Waals surface area (Å²) in [5, 5.41) is 11.0. The second-order valence-corrected chi connectivity index (χ2v) is 10.2. The minimum absolute atomic E-state index is 0.0784. The van der Waals surface area contributed by atoms with Crippen molar-refractivity contribution < 1.29 is 31.3 Å². The van der Waals surface area contributed by atoms with Gasteiger partial charge in [-0.1, -0.05) is 18.2 Å². The number of carbonyl (C=O) groups excluding carboxylic acids is 1. The summed E-state index contributed by atoms with van der Waals surface area (Å²) in [5.41, 5.74) is -0.151. The highest BCUT2D eigenvalue weighted by atomic mass is 32.2. The van der Waals surface area contributed by atoms with Crippen LogP contribution in [0.3, 0.4) is 0 Å². The van der Waals surface area contributed by atoms with Crippen molar-refractivity contribution in [3.8, 4) is 0 Å². The second kappa shape index (κ2) is 9.71. The molecule has 0 saturated carbocycles.